The van der Waals surface area contributed by atoms with E-state index in [1.807, 2.05) is 0 Å². The van der Waals surface area contributed by atoms with Gasteiger partial charge in [0, 0.05) is 26.2 Å². The average molecular weight is 309 g/mol. The monoisotopic (exact) mass is 308 g/mol. The second kappa shape index (κ2) is 6.66. The minimum atomic E-state index is 0.278. The Labute approximate surface area is 133 Å². The summed E-state index contributed by atoms with van der Waals surface area (Å²) >= 11 is 6.68. The van der Waals surface area contributed by atoms with E-state index in [1.54, 1.807) is 0 Å². The molecule has 0 aromatic heterocycles. The number of rotatable bonds is 3. The van der Waals surface area contributed by atoms with Gasteiger partial charge < -0.3 is 4.48 Å². The topological polar surface area (TPSA) is 6.48 Å². The molecule has 0 amide bonds. The molecule has 2 saturated heterocycles. The first kappa shape index (κ1) is 15.3. The molecule has 21 heavy (non-hydrogen) atoms. The summed E-state index contributed by atoms with van der Waals surface area (Å²) in [6, 6.07) is 10.8. The highest BCUT2D eigenvalue weighted by molar-refractivity contribution is 6.19. The van der Waals surface area contributed by atoms with Crippen LogP contribution in [0.5, 0.6) is 0 Å². The van der Waals surface area contributed by atoms with E-state index in [0.29, 0.717) is 0 Å². The van der Waals surface area contributed by atoms with Gasteiger partial charge in [-0.1, -0.05) is 41.9 Å². The Morgan fingerprint density at radius 3 is 2.43 bits per heavy atom. The highest BCUT2D eigenvalue weighted by Crippen LogP contribution is 2.25. The summed E-state index contributed by atoms with van der Waals surface area (Å²) in [5.41, 5.74) is 1.72. The van der Waals surface area contributed by atoms with Gasteiger partial charge in [-0.05, 0) is 19.0 Å². The Morgan fingerprint density at radius 1 is 1.10 bits per heavy atom. The van der Waals surface area contributed by atoms with Crippen LogP contribution in [0, 0.1) is 0 Å². The number of hydrogen-bond donors (Lipinski definition) is 0. The molecule has 2 aliphatic rings. The van der Waals surface area contributed by atoms with Crippen molar-refractivity contribution >= 4 is 11.6 Å². The molecule has 0 bridgehead atoms. The zero-order chi connectivity index (χ0) is 14.7. The quantitative estimate of drug-likeness (QED) is 0.478. The second-order valence-electron chi connectivity index (χ2n) is 6.66. The smallest absolute Gasteiger partial charge is 0.177 e. The number of benzene rings is 1. The normalized spacial score (nSPS) is 27.0. The molecule has 0 aliphatic carbocycles. The van der Waals surface area contributed by atoms with E-state index in [2.05, 4.69) is 47.2 Å². The van der Waals surface area contributed by atoms with Crippen molar-refractivity contribution in [1.29, 1.82) is 0 Å². The molecule has 0 N–H and O–H groups in total. The Hall–Kier alpha value is -0.610. The van der Waals surface area contributed by atoms with Gasteiger partial charge in [0.1, 0.15) is 0 Å². The van der Waals surface area contributed by atoms with Crippen LogP contribution in [0.15, 0.2) is 30.3 Å². The minimum Gasteiger partial charge on any atom is -0.304 e. The van der Waals surface area contributed by atoms with E-state index in [-0.39, 0.29) is 5.50 Å². The predicted molar refractivity (Wildman–Crippen MR) is 88.6 cm³/mol. The van der Waals surface area contributed by atoms with Crippen molar-refractivity contribution in [2.24, 2.45) is 0 Å². The molecule has 2 aliphatic heterocycles. The van der Waals surface area contributed by atoms with Gasteiger partial charge in [0.2, 0.25) is 0 Å². The fraction of sp³-hybridized carbons (Fsp3) is 0.647. The van der Waals surface area contributed by atoms with E-state index < -0.39 is 0 Å². The molecule has 1 atom stereocenters. The van der Waals surface area contributed by atoms with Crippen LogP contribution in [0.2, 0.25) is 0 Å². The lowest BCUT2D eigenvalue weighted by molar-refractivity contribution is -0.946. The number of quaternary nitrogens is 1. The van der Waals surface area contributed by atoms with Gasteiger partial charge in [-0.2, -0.15) is 0 Å². The summed E-state index contributed by atoms with van der Waals surface area (Å²) in [6.07, 6.45) is 1.16. The molecule has 3 nitrogen and oxygen atoms in total. The maximum atomic E-state index is 6.68. The van der Waals surface area contributed by atoms with E-state index in [9.17, 15) is 0 Å². The van der Waals surface area contributed by atoms with Crippen LogP contribution < -0.4 is 0 Å². The number of piperazine rings is 2. The Morgan fingerprint density at radius 2 is 1.76 bits per heavy atom. The number of hydrogen-bond acceptors (Lipinski definition) is 2. The Balaban J connectivity index is 1.49. The molecule has 3 rings (SSSR count). The molecule has 1 spiro atoms. The maximum Gasteiger partial charge on any atom is 0.177 e. The standard InChI is InChI=1S/C17H27ClN3/c1-19-9-12-21(17(18)15-19)13-10-20(11-14-21)8-7-16-5-3-2-4-6-16/h2-6,17H,7-15H2,1H3/q+1. The summed E-state index contributed by atoms with van der Waals surface area (Å²) in [5.74, 6) is 0. The number of halogens is 1. The lowest BCUT2D eigenvalue weighted by Gasteiger charge is -2.51. The molecule has 1 aromatic rings. The predicted octanol–water partition coefficient (Wildman–Crippen LogP) is 1.87. The summed E-state index contributed by atoms with van der Waals surface area (Å²) in [4.78, 5) is 4.97. The van der Waals surface area contributed by atoms with Crippen molar-refractivity contribution in [3.05, 3.63) is 35.9 Å². The Bertz CT molecular complexity index is 443. The zero-order valence-corrected chi connectivity index (χ0v) is 13.8. The molecular formula is C17H27ClN3+. The van der Waals surface area contributed by atoms with Crippen LogP contribution in [0.3, 0.4) is 0 Å². The van der Waals surface area contributed by atoms with Gasteiger partial charge >= 0.3 is 0 Å². The zero-order valence-electron chi connectivity index (χ0n) is 13.0. The van der Waals surface area contributed by atoms with Crippen LogP contribution in [-0.2, 0) is 6.42 Å². The van der Waals surface area contributed by atoms with Gasteiger partial charge in [0.25, 0.3) is 0 Å². The molecule has 2 fully saturated rings. The molecule has 1 unspecified atom stereocenters. The first-order valence-corrected chi connectivity index (χ1v) is 8.56. The van der Waals surface area contributed by atoms with Crippen LogP contribution in [-0.4, -0.2) is 79.2 Å². The van der Waals surface area contributed by atoms with Crippen molar-refractivity contribution in [3.8, 4) is 0 Å². The van der Waals surface area contributed by atoms with Crippen molar-refractivity contribution < 1.29 is 4.48 Å². The van der Waals surface area contributed by atoms with Crippen LogP contribution >= 0.6 is 11.6 Å². The first-order chi connectivity index (χ1) is 10.2. The molecule has 0 saturated carbocycles. The van der Waals surface area contributed by atoms with Gasteiger partial charge in [-0.3, -0.25) is 9.80 Å². The van der Waals surface area contributed by atoms with E-state index >= 15 is 0 Å². The summed E-state index contributed by atoms with van der Waals surface area (Å²) in [7, 11) is 2.18. The number of alkyl halides is 1. The first-order valence-electron chi connectivity index (χ1n) is 8.13. The average Bonchev–Trinajstić information content (AvgIpc) is 2.52. The van der Waals surface area contributed by atoms with Gasteiger partial charge in [-0.15, -0.1) is 0 Å². The molecule has 116 valence electrons. The molecule has 4 heteroatoms. The van der Waals surface area contributed by atoms with Crippen molar-refractivity contribution in [1.82, 2.24) is 9.80 Å². The number of nitrogens with zero attached hydrogens (tertiary/aromatic N) is 3. The third-order valence-electron chi connectivity index (χ3n) is 5.27. The largest absolute Gasteiger partial charge is 0.304 e. The Kier molecular flexibility index (Phi) is 4.85. The fourth-order valence-electron chi connectivity index (χ4n) is 3.60. The van der Waals surface area contributed by atoms with Gasteiger partial charge in [0.15, 0.2) is 5.50 Å². The second-order valence-corrected chi connectivity index (χ2v) is 7.17. The summed E-state index contributed by atoms with van der Waals surface area (Å²) in [5, 5.41) is 0. The molecular weight excluding hydrogens is 282 g/mol. The highest BCUT2D eigenvalue weighted by Gasteiger charge is 2.42. The lowest BCUT2D eigenvalue weighted by atomic mass is 10.1. The van der Waals surface area contributed by atoms with Crippen molar-refractivity contribution in [3.63, 3.8) is 0 Å². The van der Waals surface area contributed by atoms with Gasteiger partial charge in [0.05, 0.1) is 26.2 Å². The van der Waals surface area contributed by atoms with Crippen molar-refractivity contribution in [2.75, 3.05) is 59.4 Å². The van der Waals surface area contributed by atoms with Crippen LogP contribution in [0.1, 0.15) is 5.56 Å². The maximum absolute atomic E-state index is 6.68. The summed E-state index contributed by atoms with van der Waals surface area (Å²) in [6.45, 7) is 9.44. The SMILES string of the molecule is CN1CC[N+]2(CCN(CCc3ccccc3)CC2)C(Cl)C1. The highest BCUT2D eigenvalue weighted by atomic mass is 35.5. The minimum absolute atomic E-state index is 0.278. The van der Waals surface area contributed by atoms with E-state index in [4.69, 9.17) is 11.6 Å². The van der Waals surface area contributed by atoms with Crippen molar-refractivity contribution in [2.45, 2.75) is 11.9 Å². The molecule has 0 radical (unpaired) electrons. The third-order valence-corrected chi connectivity index (χ3v) is 5.82. The molecule has 2 heterocycles. The van der Waals surface area contributed by atoms with E-state index in [1.165, 1.54) is 51.4 Å². The number of likely N-dealkylation sites (N-methyl/N-ethyl adjacent to an activating group) is 1. The summed E-state index contributed by atoms with van der Waals surface area (Å²) < 4.78 is 1.13. The van der Waals surface area contributed by atoms with Crippen LogP contribution in [0.4, 0.5) is 0 Å². The fourth-order valence-corrected chi connectivity index (χ4v) is 4.12. The molecule has 1 aromatic carbocycles. The van der Waals surface area contributed by atoms with Gasteiger partial charge in [-0.25, -0.2) is 0 Å². The lowest BCUT2D eigenvalue weighted by Crippen LogP contribution is -2.68. The third kappa shape index (κ3) is 3.59. The van der Waals surface area contributed by atoms with E-state index in [0.717, 1.165) is 17.4 Å². The van der Waals surface area contributed by atoms with Crippen LogP contribution in [0.25, 0.3) is 0 Å².